The molecule has 1 saturated heterocycles. The van der Waals surface area contributed by atoms with Crippen LogP contribution in [0.15, 0.2) is 24.3 Å². The summed E-state index contributed by atoms with van der Waals surface area (Å²) in [6, 6.07) is 7.98. The summed E-state index contributed by atoms with van der Waals surface area (Å²) in [5.41, 5.74) is 1.12. The first-order valence-electron chi connectivity index (χ1n) is 9.17. The molecule has 4 atom stereocenters. The predicted octanol–water partition coefficient (Wildman–Crippen LogP) is 0.471. The molecule has 1 aromatic rings. The van der Waals surface area contributed by atoms with Gasteiger partial charge < -0.3 is 19.8 Å². The highest BCUT2D eigenvalue weighted by Crippen LogP contribution is 2.36. The van der Waals surface area contributed by atoms with Crippen LogP contribution in [-0.4, -0.2) is 70.9 Å². The summed E-state index contributed by atoms with van der Waals surface area (Å²) in [5.74, 6) is 1.68. The van der Waals surface area contributed by atoms with Crippen LogP contribution in [0, 0.1) is 11.8 Å². The van der Waals surface area contributed by atoms with Gasteiger partial charge in [0.25, 0.3) is 0 Å². The van der Waals surface area contributed by atoms with Crippen molar-refractivity contribution < 1.29 is 19.7 Å². The smallest absolute Gasteiger partial charge is 0.236 e. The van der Waals surface area contributed by atoms with Crippen molar-refractivity contribution in [3.8, 4) is 5.75 Å². The molecular weight excluding hydrogens is 320 g/mol. The Hall–Kier alpha value is -1.63. The van der Waals surface area contributed by atoms with E-state index in [9.17, 15) is 15.0 Å². The summed E-state index contributed by atoms with van der Waals surface area (Å²) in [7, 11) is 0. The van der Waals surface area contributed by atoms with Gasteiger partial charge in [-0.1, -0.05) is 18.2 Å². The lowest BCUT2D eigenvalue weighted by atomic mass is 9.79. The Morgan fingerprint density at radius 1 is 1.12 bits per heavy atom. The zero-order chi connectivity index (χ0) is 17.4. The second-order valence-electron chi connectivity index (χ2n) is 7.59. The molecule has 2 aliphatic heterocycles. The number of carbonyl (C=O) groups excluding carboxylic acids is 1. The summed E-state index contributed by atoms with van der Waals surface area (Å²) in [4.78, 5) is 16.8. The van der Waals surface area contributed by atoms with E-state index in [2.05, 4.69) is 4.90 Å². The lowest BCUT2D eigenvalue weighted by Crippen LogP contribution is -2.40. The molecule has 2 heterocycles. The summed E-state index contributed by atoms with van der Waals surface area (Å²) >= 11 is 0. The van der Waals surface area contributed by atoms with E-state index in [-0.39, 0.29) is 5.91 Å². The lowest BCUT2D eigenvalue weighted by Gasteiger charge is -2.31. The molecule has 25 heavy (non-hydrogen) atoms. The Labute approximate surface area is 148 Å². The van der Waals surface area contributed by atoms with Crippen LogP contribution in [-0.2, 0) is 11.3 Å². The van der Waals surface area contributed by atoms with E-state index in [0.717, 1.165) is 24.4 Å². The van der Waals surface area contributed by atoms with Crippen LogP contribution in [0.4, 0.5) is 0 Å². The minimum absolute atomic E-state index is 0.137. The zero-order valence-corrected chi connectivity index (χ0v) is 14.4. The highest BCUT2D eigenvalue weighted by molar-refractivity contribution is 5.78. The molecule has 3 aliphatic rings. The van der Waals surface area contributed by atoms with Gasteiger partial charge in [-0.15, -0.1) is 0 Å². The van der Waals surface area contributed by atoms with Crippen molar-refractivity contribution in [1.29, 1.82) is 0 Å². The largest absolute Gasteiger partial charge is 0.492 e. The number of carbonyl (C=O) groups is 1. The molecule has 136 valence electrons. The topological polar surface area (TPSA) is 73.2 Å². The second kappa shape index (κ2) is 6.94. The number of benzene rings is 1. The van der Waals surface area contributed by atoms with Crippen molar-refractivity contribution in [2.24, 2.45) is 11.8 Å². The van der Waals surface area contributed by atoms with Gasteiger partial charge in [-0.3, -0.25) is 9.69 Å². The molecule has 0 aromatic heterocycles. The highest BCUT2D eigenvalue weighted by Gasteiger charge is 2.42. The quantitative estimate of drug-likeness (QED) is 0.815. The first-order chi connectivity index (χ1) is 12.1. The second-order valence-corrected chi connectivity index (χ2v) is 7.59. The normalized spacial score (nSPS) is 32.5. The Morgan fingerprint density at radius 3 is 2.52 bits per heavy atom. The molecule has 2 fully saturated rings. The molecule has 6 heteroatoms. The van der Waals surface area contributed by atoms with Crippen LogP contribution in [0.25, 0.3) is 0 Å². The third-order valence-corrected chi connectivity index (χ3v) is 5.85. The number of hydrogen-bond donors (Lipinski definition) is 2. The number of rotatable bonds is 2. The SMILES string of the molecule is O=C(CN1CCOc2ccccc2C1)N1C[C@H]2C[C@H](O)[C@H](O)C[C@H]2C1. The fraction of sp³-hybridized carbons (Fsp3) is 0.632. The van der Waals surface area contributed by atoms with Crippen LogP contribution in [0.3, 0.4) is 0 Å². The Balaban J connectivity index is 1.36. The Morgan fingerprint density at radius 2 is 1.80 bits per heavy atom. The van der Waals surface area contributed by atoms with Crippen LogP contribution in [0.1, 0.15) is 18.4 Å². The molecule has 0 unspecified atom stereocenters. The van der Waals surface area contributed by atoms with Crippen LogP contribution < -0.4 is 4.74 Å². The number of likely N-dealkylation sites (tertiary alicyclic amines) is 1. The number of aliphatic hydroxyl groups is 2. The average Bonchev–Trinajstić information content (AvgIpc) is 2.88. The van der Waals surface area contributed by atoms with E-state index in [1.807, 2.05) is 29.2 Å². The van der Waals surface area contributed by atoms with Crippen molar-refractivity contribution in [3.05, 3.63) is 29.8 Å². The molecule has 0 radical (unpaired) electrons. The van der Waals surface area contributed by atoms with Gasteiger partial charge >= 0.3 is 0 Å². The van der Waals surface area contributed by atoms with E-state index < -0.39 is 12.2 Å². The van der Waals surface area contributed by atoms with Gasteiger partial charge in [-0.05, 0) is 30.7 Å². The van der Waals surface area contributed by atoms with E-state index in [1.54, 1.807) is 0 Å². The van der Waals surface area contributed by atoms with Crippen LogP contribution in [0.5, 0.6) is 5.75 Å². The lowest BCUT2D eigenvalue weighted by molar-refractivity contribution is -0.131. The zero-order valence-electron chi connectivity index (χ0n) is 14.4. The van der Waals surface area contributed by atoms with E-state index in [1.165, 1.54) is 0 Å². The van der Waals surface area contributed by atoms with Gasteiger partial charge in [-0.2, -0.15) is 0 Å². The van der Waals surface area contributed by atoms with E-state index >= 15 is 0 Å². The van der Waals surface area contributed by atoms with E-state index in [0.29, 0.717) is 50.9 Å². The number of aliphatic hydroxyl groups excluding tert-OH is 2. The number of ether oxygens (including phenoxy) is 1. The van der Waals surface area contributed by atoms with Crippen molar-refractivity contribution in [3.63, 3.8) is 0 Å². The fourth-order valence-electron chi connectivity index (χ4n) is 4.42. The highest BCUT2D eigenvalue weighted by atomic mass is 16.5. The van der Waals surface area contributed by atoms with Gasteiger partial charge in [0, 0.05) is 31.7 Å². The first-order valence-corrected chi connectivity index (χ1v) is 9.17. The third-order valence-electron chi connectivity index (χ3n) is 5.85. The molecule has 4 rings (SSSR count). The molecule has 1 aliphatic carbocycles. The number of amides is 1. The summed E-state index contributed by atoms with van der Waals surface area (Å²) in [6.07, 6.45) is -0.0905. The van der Waals surface area contributed by atoms with Gasteiger partial charge in [0.2, 0.25) is 5.91 Å². The Bertz CT molecular complexity index is 620. The number of hydrogen-bond acceptors (Lipinski definition) is 5. The maximum Gasteiger partial charge on any atom is 0.236 e. The van der Waals surface area contributed by atoms with Gasteiger partial charge in [0.05, 0.1) is 18.8 Å². The summed E-state index contributed by atoms with van der Waals surface area (Å²) in [5, 5.41) is 19.7. The summed E-state index contributed by atoms with van der Waals surface area (Å²) in [6.45, 7) is 3.84. The Kier molecular flexibility index (Phi) is 4.67. The molecule has 1 aromatic carbocycles. The molecule has 2 N–H and O–H groups in total. The van der Waals surface area contributed by atoms with Crippen LogP contribution in [0.2, 0.25) is 0 Å². The maximum absolute atomic E-state index is 12.8. The van der Waals surface area contributed by atoms with Gasteiger partial charge in [0.15, 0.2) is 0 Å². The molecule has 0 bridgehead atoms. The number of para-hydroxylation sites is 1. The molecule has 1 saturated carbocycles. The molecular formula is C19H26N2O4. The average molecular weight is 346 g/mol. The number of nitrogens with zero attached hydrogens (tertiary/aromatic N) is 2. The van der Waals surface area contributed by atoms with Crippen molar-refractivity contribution in [1.82, 2.24) is 9.80 Å². The summed E-state index contributed by atoms with van der Waals surface area (Å²) < 4.78 is 5.76. The first kappa shape index (κ1) is 16.8. The van der Waals surface area contributed by atoms with Crippen molar-refractivity contribution >= 4 is 5.91 Å². The third kappa shape index (κ3) is 3.52. The standard InChI is InChI=1S/C19H26N2O4/c22-16-7-14-10-21(11-15(14)8-17(16)23)19(24)12-20-5-6-25-18-4-2-1-3-13(18)9-20/h1-4,14-17,22-23H,5-12H2/t14-,15+,16+,17-. The van der Waals surface area contributed by atoms with Crippen molar-refractivity contribution in [2.45, 2.75) is 31.6 Å². The van der Waals surface area contributed by atoms with E-state index in [4.69, 9.17) is 4.74 Å². The van der Waals surface area contributed by atoms with Crippen molar-refractivity contribution in [2.75, 3.05) is 32.8 Å². The predicted molar refractivity (Wildman–Crippen MR) is 92.0 cm³/mol. The minimum Gasteiger partial charge on any atom is -0.492 e. The molecule has 1 amide bonds. The number of fused-ring (bicyclic) bond motifs is 2. The molecule has 6 nitrogen and oxygen atoms in total. The maximum atomic E-state index is 12.8. The molecule has 0 spiro atoms. The fourth-order valence-corrected chi connectivity index (χ4v) is 4.42. The van der Waals surface area contributed by atoms with Gasteiger partial charge in [0.1, 0.15) is 12.4 Å². The van der Waals surface area contributed by atoms with Gasteiger partial charge in [-0.25, -0.2) is 0 Å². The monoisotopic (exact) mass is 346 g/mol. The minimum atomic E-state index is -0.643. The van der Waals surface area contributed by atoms with Crippen LogP contribution >= 0.6 is 0 Å².